The van der Waals surface area contributed by atoms with Crippen LogP contribution in [0.3, 0.4) is 0 Å². The average Bonchev–Trinajstić information content (AvgIpc) is 2.76. The van der Waals surface area contributed by atoms with Gasteiger partial charge in [-0.15, -0.1) is 0 Å². The number of carboxylic acids is 1. The van der Waals surface area contributed by atoms with Crippen molar-refractivity contribution >= 4 is 23.3 Å². The average molecular weight is 252 g/mol. The lowest BCUT2D eigenvalue weighted by Crippen LogP contribution is -2.06. The van der Waals surface area contributed by atoms with Crippen molar-refractivity contribution in [2.45, 2.75) is 6.54 Å². The Balaban J connectivity index is 2.10. The van der Waals surface area contributed by atoms with Gasteiger partial charge in [0.2, 0.25) is 0 Å². The predicted molar refractivity (Wildman–Crippen MR) is 64.3 cm³/mol. The molecule has 0 aliphatic heterocycles. The summed E-state index contributed by atoms with van der Waals surface area (Å²) in [4.78, 5) is 17.6. The van der Waals surface area contributed by atoms with Gasteiger partial charge in [0, 0.05) is 12.4 Å². The standard InChI is InChI=1S/C11H10ClN3O2/c12-7-2-1-4-13-9(7)6-15-8-3-5-14-10(8)11(16)17/h1-5,14-15H,6H2,(H,16,17). The summed E-state index contributed by atoms with van der Waals surface area (Å²) in [6.45, 7) is 0.373. The van der Waals surface area contributed by atoms with Crippen molar-refractivity contribution in [3.8, 4) is 0 Å². The van der Waals surface area contributed by atoms with Gasteiger partial charge in [-0.3, -0.25) is 4.98 Å². The first-order chi connectivity index (χ1) is 8.18. The molecule has 0 fully saturated rings. The van der Waals surface area contributed by atoms with Crippen LogP contribution < -0.4 is 5.32 Å². The van der Waals surface area contributed by atoms with Crippen molar-refractivity contribution in [1.29, 1.82) is 0 Å². The van der Waals surface area contributed by atoms with Crippen molar-refractivity contribution in [2.24, 2.45) is 0 Å². The molecular weight excluding hydrogens is 242 g/mol. The lowest BCUT2D eigenvalue weighted by molar-refractivity contribution is 0.0692. The second kappa shape index (κ2) is 4.88. The third kappa shape index (κ3) is 2.57. The maximum atomic E-state index is 10.8. The minimum absolute atomic E-state index is 0.122. The number of carbonyl (C=O) groups is 1. The summed E-state index contributed by atoms with van der Waals surface area (Å²) < 4.78 is 0. The number of rotatable bonds is 4. The molecule has 17 heavy (non-hydrogen) atoms. The molecule has 2 aromatic rings. The fourth-order valence-corrected chi connectivity index (χ4v) is 1.61. The maximum absolute atomic E-state index is 10.8. The highest BCUT2D eigenvalue weighted by Crippen LogP contribution is 2.17. The van der Waals surface area contributed by atoms with Crippen LogP contribution in [0.25, 0.3) is 0 Å². The third-order valence-corrected chi connectivity index (χ3v) is 2.59. The lowest BCUT2D eigenvalue weighted by Gasteiger charge is -2.06. The monoisotopic (exact) mass is 251 g/mol. The first-order valence-electron chi connectivity index (χ1n) is 4.92. The zero-order valence-electron chi connectivity index (χ0n) is 8.77. The molecular formula is C11H10ClN3O2. The molecule has 0 unspecified atom stereocenters. The summed E-state index contributed by atoms with van der Waals surface area (Å²) >= 11 is 5.94. The third-order valence-electron chi connectivity index (χ3n) is 2.24. The summed E-state index contributed by atoms with van der Waals surface area (Å²) in [7, 11) is 0. The maximum Gasteiger partial charge on any atom is 0.354 e. The van der Waals surface area contributed by atoms with Gasteiger partial charge in [-0.05, 0) is 18.2 Å². The zero-order valence-corrected chi connectivity index (χ0v) is 9.53. The van der Waals surface area contributed by atoms with E-state index in [4.69, 9.17) is 16.7 Å². The van der Waals surface area contributed by atoms with E-state index in [1.807, 2.05) is 0 Å². The number of anilines is 1. The van der Waals surface area contributed by atoms with E-state index < -0.39 is 5.97 Å². The number of aromatic amines is 1. The summed E-state index contributed by atoms with van der Waals surface area (Å²) in [5.41, 5.74) is 1.31. The fraction of sp³-hybridized carbons (Fsp3) is 0.0909. The molecule has 0 amide bonds. The number of nitrogens with zero attached hydrogens (tertiary/aromatic N) is 1. The van der Waals surface area contributed by atoms with Gasteiger partial charge in [-0.2, -0.15) is 0 Å². The first kappa shape index (κ1) is 11.5. The molecule has 0 aromatic carbocycles. The summed E-state index contributed by atoms with van der Waals surface area (Å²) in [5, 5.41) is 12.4. The van der Waals surface area contributed by atoms with Crippen LogP contribution in [0.2, 0.25) is 5.02 Å². The number of H-pyrrole nitrogens is 1. The number of halogens is 1. The van der Waals surface area contributed by atoms with E-state index in [9.17, 15) is 4.79 Å². The molecule has 0 saturated carbocycles. The van der Waals surface area contributed by atoms with Crippen LogP contribution in [0, 0.1) is 0 Å². The van der Waals surface area contributed by atoms with Gasteiger partial charge in [0.05, 0.1) is 22.9 Å². The Morgan fingerprint density at radius 3 is 3.06 bits per heavy atom. The minimum atomic E-state index is -1.01. The van der Waals surface area contributed by atoms with Crippen LogP contribution in [0.15, 0.2) is 30.6 Å². The van der Waals surface area contributed by atoms with Crippen LogP contribution in [0.4, 0.5) is 5.69 Å². The molecule has 2 aromatic heterocycles. The largest absolute Gasteiger partial charge is 0.477 e. The smallest absolute Gasteiger partial charge is 0.354 e. The van der Waals surface area contributed by atoms with Crippen molar-refractivity contribution in [3.63, 3.8) is 0 Å². The van der Waals surface area contributed by atoms with Gasteiger partial charge in [0.15, 0.2) is 0 Å². The minimum Gasteiger partial charge on any atom is -0.477 e. The van der Waals surface area contributed by atoms with E-state index in [-0.39, 0.29) is 5.69 Å². The SMILES string of the molecule is O=C(O)c1[nH]ccc1NCc1ncccc1Cl. The quantitative estimate of drug-likeness (QED) is 0.780. The van der Waals surface area contributed by atoms with E-state index in [0.717, 1.165) is 0 Å². The molecule has 0 bridgehead atoms. The van der Waals surface area contributed by atoms with Crippen LogP contribution >= 0.6 is 11.6 Å². The van der Waals surface area contributed by atoms with Crippen molar-refractivity contribution < 1.29 is 9.90 Å². The molecule has 5 nitrogen and oxygen atoms in total. The lowest BCUT2D eigenvalue weighted by atomic mass is 10.3. The molecule has 6 heteroatoms. The van der Waals surface area contributed by atoms with E-state index in [1.54, 1.807) is 30.6 Å². The van der Waals surface area contributed by atoms with Gasteiger partial charge < -0.3 is 15.4 Å². The Hall–Kier alpha value is -2.01. The fourth-order valence-electron chi connectivity index (χ4n) is 1.42. The molecule has 0 spiro atoms. The highest BCUT2D eigenvalue weighted by atomic mass is 35.5. The van der Waals surface area contributed by atoms with Gasteiger partial charge in [-0.25, -0.2) is 4.79 Å². The topological polar surface area (TPSA) is 78.0 Å². The molecule has 0 atom stereocenters. The van der Waals surface area contributed by atoms with Crippen molar-refractivity contribution in [3.05, 3.63) is 47.0 Å². The number of nitrogens with one attached hydrogen (secondary N) is 2. The number of carboxylic acid groups (broad SMARTS) is 1. The highest BCUT2D eigenvalue weighted by Gasteiger charge is 2.11. The van der Waals surface area contributed by atoms with Gasteiger partial charge in [-0.1, -0.05) is 11.6 Å². The molecule has 0 aliphatic carbocycles. The van der Waals surface area contributed by atoms with E-state index >= 15 is 0 Å². The summed E-state index contributed by atoms with van der Waals surface area (Å²) in [6, 6.07) is 5.13. The summed E-state index contributed by atoms with van der Waals surface area (Å²) in [5.74, 6) is -1.01. The van der Waals surface area contributed by atoms with Gasteiger partial charge in [0.1, 0.15) is 5.69 Å². The number of aromatic carboxylic acids is 1. The Morgan fingerprint density at radius 2 is 2.35 bits per heavy atom. The predicted octanol–water partition coefficient (Wildman–Crippen LogP) is 2.37. The molecule has 3 N–H and O–H groups in total. The van der Waals surface area contributed by atoms with Gasteiger partial charge in [0.25, 0.3) is 0 Å². The van der Waals surface area contributed by atoms with E-state index in [1.165, 1.54) is 0 Å². The second-order valence-electron chi connectivity index (χ2n) is 3.36. The van der Waals surface area contributed by atoms with Crippen LogP contribution in [0.5, 0.6) is 0 Å². The number of hydrogen-bond donors (Lipinski definition) is 3. The second-order valence-corrected chi connectivity index (χ2v) is 3.76. The van der Waals surface area contributed by atoms with Gasteiger partial charge >= 0.3 is 5.97 Å². The van der Waals surface area contributed by atoms with Crippen LogP contribution in [0.1, 0.15) is 16.2 Å². The first-order valence-corrected chi connectivity index (χ1v) is 5.30. The Labute approximate surface area is 102 Å². The van der Waals surface area contributed by atoms with Crippen molar-refractivity contribution in [2.75, 3.05) is 5.32 Å². The number of aromatic nitrogens is 2. The van der Waals surface area contributed by atoms with Crippen LogP contribution in [-0.2, 0) is 6.54 Å². The number of hydrogen-bond acceptors (Lipinski definition) is 3. The molecule has 2 rings (SSSR count). The molecule has 0 saturated heterocycles. The van der Waals surface area contributed by atoms with E-state index in [0.29, 0.717) is 22.9 Å². The Morgan fingerprint density at radius 1 is 1.53 bits per heavy atom. The Kier molecular flexibility index (Phi) is 3.30. The number of pyridine rings is 1. The Bertz CT molecular complexity index is 539. The zero-order chi connectivity index (χ0) is 12.3. The molecule has 0 aliphatic rings. The molecule has 88 valence electrons. The highest BCUT2D eigenvalue weighted by molar-refractivity contribution is 6.31. The summed E-state index contributed by atoms with van der Waals surface area (Å²) in [6.07, 6.45) is 3.20. The van der Waals surface area contributed by atoms with Crippen LogP contribution in [-0.4, -0.2) is 21.0 Å². The molecule has 0 radical (unpaired) electrons. The molecule has 2 heterocycles. The van der Waals surface area contributed by atoms with Crippen molar-refractivity contribution in [1.82, 2.24) is 9.97 Å². The normalized spacial score (nSPS) is 10.2. The van der Waals surface area contributed by atoms with E-state index in [2.05, 4.69) is 15.3 Å².